The highest BCUT2D eigenvalue weighted by Crippen LogP contribution is 2.22. The molecular formula is C22H29N3O2S. The molecule has 2 heterocycles. The van der Waals surface area contributed by atoms with Gasteiger partial charge in [0.25, 0.3) is 5.91 Å². The van der Waals surface area contributed by atoms with Crippen molar-refractivity contribution in [2.24, 2.45) is 5.92 Å². The van der Waals surface area contributed by atoms with Crippen LogP contribution in [0, 0.1) is 5.92 Å². The number of amides is 2. The molecule has 0 bridgehead atoms. The first kappa shape index (κ1) is 20.4. The molecule has 1 aromatic carbocycles. The number of hydrogen-bond acceptors (Lipinski definition) is 4. The minimum atomic E-state index is -0.583. The van der Waals surface area contributed by atoms with Gasteiger partial charge in [-0.1, -0.05) is 32.8 Å². The van der Waals surface area contributed by atoms with Crippen LogP contribution in [0.3, 0.4) is 0 Å². The van der Waals surface area contributed by atoms with Crippen molar-refractivity contribution >= 4 is 34.5 Å². The zero-order valence-electron chi connectivity index (χ0n) is 16.6. The predicted octanol–water partition coefficient (Wildman–Crippen LogP) is 4.52. The first-order valence-corrected chi connectivity index (χ1v) is 10.9. The Morgan fingerprint density at radius 1 is 1.00 bits per heavy atom. The van der Waals surface area contributed by atoms with Gasteiger partial charge in [-0.15, -0.1) is 11.3 Å². The monoisotopic (exact) mass is 399 g/mol. The third kappa shape index (κ3) is 5.35. The smallest absolute Gasteiger partial charge is 0.262 e. The van der Waals surface area contributed by atoms with E-state index in [2.05, 4.69) is 27.7 Å². The maximum atomic E-state index is 12.8. The molecule has 3 rings (SSSR count). The van der Waals surface area contributed by atoms with Crippen molar-refractivity contribution in [2.45, 2.75) is 45.6 Å². The van der Waals surface area contributed by atoms with E-state index >= 15 is 0 Å². The second-order valence-corrected chi connectivity index (χ2v) is 8.56. The van der Waals surface area contributed by atoms with Gasteiger partial charge in [0.1, 0.15) is 6.04 Å². The molecule has 0 unspecified atom stereocenters. The highest BCUT2D eigenvalue weighted by atomic mass is 32.1. The number of hydrogen-bond donors (Lipinski definition) is 2. The first-order valence-electron chi connectivity index (χ1n) is 10.0. The van der Waals surface area contributed by atoms with E-state index in [-0.39, 0.29) is 17.7 Å². The molecule has 0 radical (unpaired) electrons. The summed E-state index contributed by atoms with van der Waals surface area (Å²) in [5, 5.41) is 7.66. The van der Waals surface area contributed by atoms with Gasteiger partial charge in [-0.3, -0.25) is 9.59 Å². The molecule has 150 valence electrons. The van der Waals surface area contributed by atoms with Gasteiger partial charge in [0.2, 0.25) is 5.91 Å². The minimum Gasteiger partial charge on any atom is -0.372 e. The molecule has 0 spiro atoms. The van der Waals surface area contributed by atoms with Crippen LogP contribution in [0.2, 0.25) is 0 Å². The van der Waals surface area contributed by atoms with Gasteiger partial charge >= 0.3 is 0 Å². The topological polar surface area (TPSA) is 61.4 Å². The van der Waals surface area contributed by atoms with E-state index in [1.807, 2.05) is 37.4 Å². The van der Waals surface area contributed by atoms with Gasteiger partial charge in [-0.25, -0.2) is 0 Å². The lowest BCUT2D eigenvalue weighted by atomic mass is 10.0. The van der Waals surface area contributed by atoms with E-state index in [9.17, 15) is 9.59 Å². The van der Waals surface area contributed by atoms with Crippen LogP contribution >= 0.6 is 11.3 Å². The Bertz CT molecular complexity index is 764. The number of nitrogens with one attached hydrogen (secondary N) is 2. The molecule has 2 amide bonds. The fraction of sp³-hybridized carbons (Fsp3) is 0.455. The second-order valence-electron chi connectivity index (χ2n) is 7.61. The summed E-state index contributed by atoms with van der Waals surface area (Å²) in [6.45, 7) is 6.05. The molecule has 6 heteroatoms. The largest absolute Gasteiger partial charge is 0.372 e. The number of nitrogens with zero attached hydrogens (tertiary/aromatic N) is 1. The summed E-state index contributed by atoms with van der Waals surface area (Å²) in [6, 6.07) is 11.0. The molecular weight excluding hydrogens is 370 g/mol. The summed E-state index contributed by atoms with van der Waals surface area (Å²) >= 11 is 1.37. The summed E-state index contributed by atoms with van der Waals surface area (Å²) in [7, 11) is 0. The van der Waals surface area contributed by atoms with Crippen molar-refractivity contribution in [3.63, 3.8) is 0 Å². The van der Waals surface area contributed by atoms with Crippen molar-refractivity contribution in [1.82, 2.24) is 5.32 Å². The lowest BCUT2D eigenvalue weighted by Crippen LogP contribution is -2.46. The van der Waals surface area contributed by atoms with Gasteiger partial charge in [0.05, 0.1) is 4.88 Å². The average molecular weight is 400 g/mol. The Hall–Kier alpha value is -2.34. The van der Waals surface area contributed by atoms with Crippen LogP contribution in [0.4, 0.5) is 11.4 Å². The number of carbonyl (C=O) groups is 2. The van der Waals surface area contributed by atoms with E-state index in [0.29, 0.717) is 4.88 Å². The molecule has 0 aliphatic carbocycles. The number of carbonyl (C=O) groups excluding carboxylic acids is 2. The summed E-state index contributed by atoms with van der Waals surface area (Å²) in [5.41, 5.74) is 1.95. The number of rotatable bonds is 6. The van der Waals surface area contributed by atoms with Crippen LogP contribution in [0.5, 0.6) is 0 Å². The summed E-state index contributed by atoms with van der Waals surface area (Å²) in [6.07, 6.45) is 5.08. The molecule has 1 aliphatic rings. The molecule has 1 saturated heterocycles. The Balaban J connectivity index is 1.62. The van der Waals surface area contributed by atoms with E-state index in [1.54, 1.807) is 6.07 Å². The molecule has 2 aromatic rings. The van der Waals surface area contributed by atoms with E-state index in [1.165, 1.54) is 42.7 Å². The summed E-state index contributed by atoms with van der Waals surface area (Å²) in [4.78, 5) is 28.1. The fourth-order valence-electron chi connectivity index (χ4n) is 3.46. The molecule has 1 atom stereocenters. The lowest BCUT2D eigenvalue weighted by Gasteiger charge is -2.24. The summed E-state index contributed by atoms with van der Waals surface area (Å²) < 4.78 is 0. The summed E-state index contributed by atoms with van der Waals surface area (Å²) in [5.74, 6) is -0.414. The number of thiophene rings is 1. The Kier molecular flexibility index (Phi) is 7.09. The van der Waals surface area contributed by atoms with Gasteiger partial charge < -0.3 is 15.5 Å². The van der Waals surface area contributed by atoms with E-state index in [0.717, 1.165) is 18.8 Å². The Morgan fingerprint density at radius 3 is 2.25 bits per heavy atom. The maximum Gasteiger partial charge on any atom is 0.262 e. The number of benzene rings is 1. The molecule has 2 N–H and O–H groups in total. The minimum absolute atomic E-state index is 0.0136. The first-order chi connectivity index (χ1) is 13.5. The lowest BCUT2D eigenvalue weighted by molar-refractivity contribution is -0.118. The quantitative estimate of drug-likeness (QED) is 0.751. The highest BCUT2D eigenvalue weighted by Gasteiger charge is 2.25. The zero-order chi connectivity index (χ0) is 19.9. The average Bonchev–Trinajstić information content (AvgIpc) is 3.09. The third-order valence-electron chi connectivity index (χ3n) is 5.09. The van der Waals surface area contributed by atoms with Crippen LogP contribution < -0.4 is 15.5 Å². The van der Waals surface area contributed by atoms with Crippen LogP contribution in [-0.2, 0) is 4.79 Å². The molecule has 1 aromatic heterocycles. The second kappa shape index (κ2) is 9.73. The van der Waals surface area contributed by atoms with Crippen molar-refractivity contribution < 1.29 is 9.59 Å². The SMILES string of the molecule is CC(C)[C@H](NC(=O)c1cccs1)C(=O)Nc1ccc(N2CCCCCC2)cc1. The van der Waals surface area contributed by atoms with Crippen molar-refractivity contribution in [3.05, 3.63) is 46.7 Å². The van der Waals surface area contributed by atoms with Crippen LogP contribution in [0.15, 0.2) is 41.8 Å². The van der Waals surface area contributed by atoms with Crippen molar-refractivity contribution in [1.29, 1.82) is 0 Å². The third-order valence-corrected chi connectivity index (χ3v) is 5.96. The van der Waals surface area contributed by atoms with Crippen molar-refractivity contribution in [2.75, 3.05) is 23.3 Å². The van der Waals surface area contributed by atoms with Crippen LogP contribution in [0.1, 0.15) is 49.2 Å². The molecule has 28 heavy (non-hydrogen) atoms. The van der Waals surface area contributed by atoms with Gasteiger partial charge in [-0.2, -0.15) is 0 Å². The van der Waals surface area contributed by atoms with E-state index < -0.39 is 6.04 Å². The zero-order valence-corrected chi connectivity index (χ0v) is 17.4. The van der Waals surface area contributed by atoms with Crippen LogP contribution in [-0.4, -0.2) is 30.9 Å². The molecule has 1 fully saturated rings. The Morgan fingerprint density at radius 2 is 1.68 bits per heavy atom. The molecule has 0 saturated carbocycles. The highest BCUT2D eigenvalue weighted by molar-refractivity contribution is 7.12. The van der Waals surface area contributed by atoms with Gasteiger partial charge in [-0.05, 0) is 54.5 Å². The molecule has 1 aliphatic heterocycles. The fourth-order valence-corrected chi connectivity index (χ4v) is 4.09. The Labute approximate surface area is 171 Å². The normalized spacial score (nSPS) is 15.8. The van der Waals surface area contributed by atoms with E-state index in [4.69, 9.17) is 0 Å². The van der Waals surface area contributed by atoms with Crippen LogP contribution in [0.25, 0.3) is 0 Å². The maximum absolute atomic E-state index is 12.8. The standard InChI is InChI=1S/C22H29N3O2S/c1-16(2)20(24-21(26)19-8-7-15-28-19)22(27)23-17-9-11-18(12-10-17)25-13-5-3-4-6-14-25/h7-12,15-16,20H,3-6,13-14H2,1-2H3,(H,23,27)(H,24,26)/t20-/m0/s1. The predicted molar refractivity (Wildman–Crippen MR) is 116 cm³/mol. The van der Waals surface area contributed by atoms with Crippen molar-refractivity contribution in [3.8, 4) is 0 Å². The van der Waals surface area contributed by atoms with Gasteiger partial charge in [0.15, 0.2) is 0 Å². The van der Waals surface area contributed by atoms with Gasteiger partial charge in [0, 0.05) is 24.5 Å². The molecule has 5 nitrogen and oxygen atoms in total. The number of anilines is 2.